The van der Waals surface area contributed by atoms with Crippen molar-refractivity contribution in [2.24, 2.45) is 11.8 Å². The second kappa shape index (κ2) is 11.0. The van der Waals surface area contributed by atoms with Crippen molar-refractivity contribution in [3.8, 4) is 0 Å². The highest BCUT2D eigenvalue weighted by Gasteiger charge is 2.56. The van der Waals surface area contributed by atoms with E-state index in [1.807, 2.05) is 0 Å². The maximum absolute atomic E-state index is 15.4. The van der Waals surface area contributed by atoms with E-state index in [9.17, 15) is 40.7 Å². The SMILES string of the molecule is COC(C)(c1ccc([C@]2(S(=O)(=O)c3ccc(F)cc3)CCN(C(=O)[C@H]3CC[C@H](C(=O)O)CC3)C2)cc1F)C(F)(F)F. The number of rotatable bonds is 7. The Morgan fingerprint density at radius 2 is 1.59 bits per heavy atom. The van der Waals surface area contributed by atoms with Gasteiger partial charge in [-0.15, -0.1) is 0 Å². The molecule has 2 aromatic carbocycles. The first-order chi connectivity index (χ1) is 19.1. The lowest BCUT2D eigenvalue weighted by Gasteiger charge is -2.34. The zero-order valence-electron chi connectivity index (χ0n) is 22.4. The normalized spacial score (nSPS) is 25.1. The number of carboxylic acids is 1. The van der Waals surface area contributed by atoms with Crippen LogP contribution < -0.4 is 0 Å². The van der Waals surface area contributed by atoms with E-state index in [0.717, 1.165) is 49.6 Å². The fraction of sp³-hybridized carbons (Fsp3) is 0.500. The number of aliphatic carboxylic acids is 1. The van der Waals surface area contributed by atoms with Gasteiger partial charge in [-0.3, -0.25) is 9.59 Å². The predicted octanol–water partition coefficient (Wildman–Crippen LogP) is 5.18. The number of hydrogen-bond donors (Lipinski definition) is 1. The molecule has 1 heterocycles. The van der Waals surface area contributed by atoms with E-state index in [4.69, 9.17) is 0 Å². The second-order valence-electron chi connectivity index (χ2n) is 10.8. The molecule has 224 valence electrons. The van der Waals surface area contributed by atoms with E-state index >= 15 is 4.39 Å². The van der Waals surface area contributed by atoms with Gasteiger partial charge in [0.2, 0.25) is 5.91 Å². The van der Waals surface area contributed by atoms with Gasteiger partial charge in [0.1, 0.15) is 16.4 Å². The summed E-state index contributed by atoms with van der Waals surface area (Å²) >= 11 is 0. The van der Waals surface area contributed by atoms with Gasteiger partial charge in [0.05, 0.1) is 10.8 Å². The molecule has 1 aliphatic heterocycles. The quantitative estimate of drug-likeness (QED) is 0.346. The third-order valence-corrected chi connectivity index (χ3v) is 11.1. The molecule has 4 rings (SSSR count). The highest BCUT2D eigenvalue weighted by molar-refractivity contribution is 7.92. The van der Waals surface area contributed by atoms with Crippen molar-refractivity contribution in [1.82, 2.24) is 4.90 Å². The number of carbonyl (C=O) groups excluding carboxylic acids is 1. The molecule has 0 bridgehead atoms. The van der Waals surface area contributed by atoms with Gasteiger partial charge in [-0.05, 0) is 74.9 Å². The van der Waals surface area contributed by atoms with Gasteiger partial charge in [-0.1, -0.05) is 12.1 Å². The Morgan fingerprint density at radius 3 is 2.10 bits per heavy atom. The van der Waals surface area contributed by atoms with Gasteiger partial charge in [0.15, 0.2) is 15.4 Å². The van der Waals surface area contributed by atoms with Gasteiger partial charge in [-0.2, -0.15) is 13.2 Å². The molecule has 2 atom stereocenters. The number of benzene rings is 2. The van der Waals surface area contributed by atoms with Crippen LogP contribution in [0.25, 0.3) is 0 Å². The number of ether oxygens (including phenoxy) is 1. The fourth-order valence-corrected chi connectivity index (χ4v) is 7.90. The third kappa shape index (κ3) is 5.33. The summed E-state index contributed by atoms with van der Waals surface area (Å²) in [4.78, 5) is 25.8. The van der Waals surface area contributed by atoms with Crippen LogP contribution >= 0.6 is 0 Å². The molecule has 0 radical (unpaired) electrons. The lowest BCUT2D eigenvalue weighted by atomic mass is 9.81. The van der Waals surface area contributed by atoms with E-state index < -0.39 is 67.9 Å². The minimum absolute atomic E-state index is 0.0418. The molecular formula is C28H30F5NO6S. The maximum Gasteiger partial charge on any atom is 0.421 e. The van der Waals surface area contributed by atoms with Crippen LogP contribution in [0.4, 0.5) is 22.0 Å². The lowest BCUT2D eigenvalue weighted by molar-refractivity contribution is -0.270. The first-order valence-corrected chi connectivity index (χ1v) is 14.5. The topological polar surface area (TPSA) is 101 Å². The Bertz CT molecular complexity index is 1420. The van der Waals surface area contributed by atoms with Gasteiger partial charge in [0, 0.05) is 31.7 Å². The van der Waals surface area contributed by atoms with Crippen LogP contribution in [0.2, 0.25) is 0 Å². The van der Waals surface area contributed by atoms with Crippen LogP contribution in [0.15, 0.2) is 47.4 Å². The summed E-state index contributed by atoms with van der Waals surface area (Å²) in [7, 11) is -3.66. The highest BCUT2D eigenvalue weighted by atomic mass is 32.2. The Balaban J connectivity index is 1.75. The summed E-state index contributed by atoms with van der Waals surface area (Å²) in [5, 5.41) is 9.25. The number of halogens is 5. The van der Waals surface area contributed by atoms with Crippen LogP contribution in [0.5, 0.6) is 0 Å². The minimum atomic E-state index is -4.99. The predicted molar refractivity (Wildman–Crippen MR) is 136 cm³/mol. The van der Waals surface area contributed by atoms with Crippen molar-refractivity contribution in [2.45, 2.75) is 60.4 Å². The standard InChI is InChI=1S/C28H30F5NO6S/c1-26(40-2,28(31,32)33)22-12-7-19(15-23(22)30)27(41(38,39)21-10-8-20(29)9-11-21)13-14-34(16-27)24(35)17-3-5-18(6-4-17)25(36)37/h7-12,15,17-18H,3-6,13-14,16H2,1-2H3,(H,36,37)/t17-,18-,26?,27-/m0/s1. The molecule has 13 heteroatoms. The molecule has 1 saturated carbocycles. The highest BCUT2D eigenvalue weighted by Crippen LogP contribution is 2.47. The van der Waals surface area contributed by atoms with Crippen molar-refractivity contribution >= 4 is 21.7 Å². The average molecular weight is 604 g/mol. The number of carbonyl (C=O) groups is 2. The maximum atomic E-state index is 15.4. The molecule has 41 heavy (non-hydrogen) atoms. The number of amides is 1. The number of carboxylic acid groups (broad SMARTS) is 1. The van der Waals surface area contributed by atoms with Crippen LogP contribution in [0.1, 0.15) is 50.2 Å². The third-order valence-electron chi connectivity index (χ3n) is 8.57. The number of nitrogens with zero attached hydrogens (tertiary/aromatic N) is 1. The molecule has 0 aromatic heterocycles. The summed E-state index contributed by atoms with van der Waals surface area (Å²) < 4.78 is 101. The Kier molecular flexibility index (Phi) is 8.27. The van der Waals surface area contributed by atoms with Crippen LogP contribution in [-0.2, 0) is 34.5 Å². The number of hydrogen-bond acceptors (Lipinski definition) is 5. The lowest BCUT2D eigenvalue weighted by Crippen LogP contribution is -2.44. The summed E-state index contributed by atoms with van der Waals surface area (Å²) in [6.45, 7) is 0.203. The van der Waals surface area contributed by atoms with Crippen molar-refractivity contribution in [2.75, 3.05) is 20.2 Å². The molecule has 7 nitrogen and oxygen atoms in total. The monoisotopic (exact) mass is 603 g/mol. The molecule has 0 spiro atoms. The summed E-state index contributed by atoms with van der Waals surface area (Å²) in [6, 6.07) is 6.62. The molecule has 2 aliphatic rings. The number of methoxy groups -OCH3 is 1. The molecule has 2 aromatic rings. The Hall–Kier alpha value is -3.06. The van der Waals surface area contributed by atoms with Crippen molar-refractivity contribution in [1.29, 1.82) is 0 Å². The molecular weight excluding hydrogens is 573 g/mol. The first-order valence-electron chi connectivity index (χ1n) is 13.0. The van der Waals surface area contributed by atoms with Crippen LogP contribution in [-0.4, -0.2) is 56.7 Å². The number of sulfone groups is 1. The molecule has 1 amide bonds. The van der Waals surface area contributed by atoms with E-state index in [1.54, 1.807) is 0 Å². The molecule has 1 aliphatic carbocycles. The zero-order chi connectivity index (χ0) is 30.4. The van der Waals surface area contributed by atoms with Gasteiger partial charge < -0.3 is 14.7 Å². The van der Waals surface area contributed by atoms with Gasteiger partial charge in [-0.25, -0.2) is 17.2 Å². The van der Waals surface area contributed by atoms with E-state index in [-0.39, 0.29) is 29.3 Å². The Labute approximate surface area is 234 Å². The van der Waals surface area contributed by atoms with Gasteiger partial charge in [0.25, 0.3) is 0 Å². The largest absolute Gasteiger partial charge is 0.481 e. The van der Waals surface area contributed by atoms with Crippen molar-refractivity contribution < 1.29 is 49.8 Å². The second-order valence-corrected chi connectivity index (χ2v) is 13.0. The summed E-state index contributed by atoms with van der Waals surface area (Å²) in [6.07, 6.45) is -3.98. The number of likely N-dealkylation sites (tertiary alicyclic amines) is 1. The van der Waals surface area contributed by atoms with Crippen LogP contribution in [0.3, 0.4) is 0 Å². The van der Waals surface area contributed by atoms with E-state index in [1.165, 1.54) is 4.90 Å². The van der Waals surface area contributed by atoms with Crippen molar-refractivity contribution in [3.63, 3.8) is 0 Å². The fourth-order valence-electron chi connectivity index (χ4n) is 5.83. The minimum Gasteiger partial charge on any atom is -0.481 e. The smallest absolute Gasteiger partial charge is 0.421 e. The van der Waals surface area contributed by atoms with E-state index in [0.29, 0.717) is 32.6 Å². The van der Waals surface area contributed by atoms with Gasteiger partial charge >= 0.3 is 12.1 Å². The summed E-state index contributed by atoms with van der Waals surface area (Å²) in [5.41, 5.74) is -4.01. The van der Waals surface area contributed by atoms with E-state index in [2.05, 4.69) is 4.74 Å². The molecule has 1 saturated heterocycles. The van der Waals surface area contributed by atoms with Crippen LogP contribution in [0, 0.1) is 23.5 Å². The molecule has 1 N–H and O–H groups in total. The summed E-state index contributed by atoms with van der Waals surface area (Å²) in [5.74, 6) is -4.43. The molecule has 1 unspecified atom stereocenters. The Morgan fingerprint density at radius 1 is 1.00 bits per heavy atom. The first kappa shape index (κ1) is 30.9. The zero-order valence-corrected chi connectivity index (χ0v) is 23.2. The van der Waals surface area contributed by atoms with Crippen molar-refractivity contribution in [3.05, 3.63) is 65.2 Å². The average Bonchev–Trinajstić information content (AvgIpc) is 3.39. The molecule has 2 fully saturated rings. The number of alkyl halides is 3.